The van der Waals surface area contributed by atoms with Crippen LogP contribution in [0.5, 0.6) is 0 Å². The number of carbonyl (C=O) groups excluding carboxylic acids is 1. The predicted molar refractivity (Wildman–Crippen MR) is 67.8 cm³/mol. The second-order valence-electron chi connectivity index (χ2n) is 3.36. The van der Waals surface area contributed by atoms with Gasteiger partial charge in [0.1, 0.15) is 5.76 Å². The summed E-state index contributed by atoms with van der Waals surface area (Å²) in [6.07, 6.45) is 0. The van der Waals surface area contributed by atoms with Crippen LogP contribution in [0.25, 0.3) is 11.3 Å². The van der Waals surface area contributed by atoms with Crippen molar-refractivity contribution >= 4 is 21.9 Å². The van der Waals surface area contributed by atoms with Gasteiger partial charge in [-0.3, -0.25) is 0 Å². The van der Waals surface area contributed by atoms with Gasteiger partial charge < -0.3 is 9.15 Å². The maximum atomic E-state index is 11.4. The molecule has 1 aromatic carbocycles. The highest BCUT2D eigenvalue weighted by Crippen LogP contribution is 2.29. The minimum Gasteiger partial charge on any atom is -0.460 e. The van der Waals surface area contributed by atoms with Gasteiger partial charge in [0.2, 0.25) is 5.76 Å². The number of hydrogen-bond donors (Lipinski definition) is 0. The van der Waals surface area contributed by atoms with Crippen LogP contribution in [0.4, 0.5) is 0 Å². The maximum Gasteiger partial charge on any atom is 0.374 e. The van der Waals surface area contributed by atoms with Crippen LogP contribution >= 0.6 is 15.9 Å². The molecule has 0 radical (unpaired) electrons. The van der Waals surface area contributed by atoms with Gasteiger partial charge in [0.15, 0.2) is 0 Å². The average molecular weight is 295 g/mol. The Morgan fingerprint density at radius 2 is 2.06 bits per heavy atom. The molecule has 0 aliphatic carbocycles. The zero-order valence-corrected chi connectivity index (χ0v) is 10.9. The van der Waals surface area contributed by atoms with Crippen molar-refractivity contribution < 1.29 is 13.9 Å². The molecule has 0 spiro atoms. The highest BCUT2D eigenvalue weighted by atomic mass is 79.9. The molecular weight excluding hydrogens is 284 g/mol. The van der Waals surface area contributed by atoms with Gasteiger partial charge in [0.25, 0.3) is 0 Å². The molecule has 88 valence electrons. The van der Waals surface area contributed by atoms with E-state index in [-0.39, 0.29) is 5.76 Å². The summed E-state index contributed by atoms with van der Waals surface area (Å²) in [7, 11) is 0. The van der Waals surface area contributed by atoms with Crippen molar-refractivity contribution in [3.8, 4) is 11.3 Å². The molecule has 0 amide bonds. The Hall–Kier alpha value is -1.55. The molecule has 0 aliphatic heterocycles. The molecule has 1 aromatic heterocycles. The van der Waals surface area contributed by atoms with Gasteiger partial charge in [-0.15, -0.1) is 0 Å². The monoisotopic (exact) mass is 294 g/mol. The minimum atomic E-state index is -0.439. The summed E-state index contributed by atoms with van der Waals surface area (Å²) in [4.78, 5) is 11.4. The molecule has 0 atom stereocenters. The van der Waals surface area contributed by atoms with Gasteiger partial charge in [-0.2, -0.15) is 0 Å². The van der Waals surface area contributed by atoms with Crippen molar-refractivity contribution in [2.24, 2.45) is 0 Å². The lowest BCUT2D eigenvalue weighted by Gasteiger charge is -2.00. The second-order valence-corrected chi connectivity index (χ2v) is 4.22. The minimum absolute atomic E-state index is 0.220. The van der Waals surface area contributed by atoms with E-state index in [1.54, 1.807) is 19.1 Å². The van der Waals surface area contributed by atoms with Crippen LogP contribution in [0.2, 0.25) is 0 Å². The van der Waals surface area contributed by atoms with Gasteiger partial charge in [0, 0.05) is 10.0 Å². The van der Waals surface area contributed by atoms with Crippen LogP contribution in [0.3, 0.4) is 0 Å². The zero-order valence-electron chi connectivity index (χ0n) is 9.27. The topological polar surface area (TPSA) is 39.4 Å². The fraction of sp³-hybridized carbons (Fsp3) is 0.154. The molecule has 0 N–H and O–H groups in total. The summed E-state index contributed by atoms with van der Waals surface area (Å²) in [5.41, 5.74) is 0.906. The Kier molecular flexibility index (Phi) is 3.64. The van der Waals surface area contributed by atoms with Crippen LogP contribution in [0.15, 0.2) is 45.3 Å². The van der Waals surface area contributed by atoms with Crippen LogP contribution in [0.1, 0.15) is 17.5 Å². The molecule has 17 heavy (non-hydrogen) atoms. The Bertz CT molecular complexity index is 531. The molecule has 2 aromatic rings. The van der Waals surface area contributed by atoms with Crippen molar-refractivity contribution in [1.29, 1.82) is 0 Å². The predicted octanol–water partition coefficient (Wildman–Crippen LogP) is 3.89. The summed E-state index contributed by atoms with van der Waals surface area (Å²) in [6.45, 7) is 2.10. The van der Waals surface area contributed by atoms with Gasteiger partial charge in [-0.05, 0) is 25.1 Å². The van der Waals surface area contributed by atoms with Crippen molar-refractivity contribution in [2.75, 3.05) is 6.61 Å². The SMILES string of the molecule is CCOC(=O)c1ccc(-c2ccccc2Br)o1. The number of furan rings is 1. The van der Waals surface area contributed by atoms with E-state index in [2.05, 4.69) is 15.9 Å². The van der Waals surface area contributed by atoms with Gasteiger partial charge in [0.05, 0.1) is 6.61 Å². The molecule has 0 bridgehead atoms. The third-order valence-corrected chi connectivity index (χ3v) is 2.91. The Morgan fingerprint density at radius 3 is 2.76 bits per heavy atom. The van der Waals surface area contributed by atoms with E-state index in [1.165, 1.54) is 0 Å². The molecular formula is C13H11BrO3. The number of rotatable bonds is 3. The molecule has 0 unspecified atom stereocenters. The summed E-state index contributed by atoms with van der Waals surface area (Å²) < 4.78 is 11.2. The lowest BCUT2D eigenvalue weighted by Crippen LogP contribution is -2.02. The van der Waals surface area contributed by atoms with E-state index in [0.717, 1.165) is 10.0 Å². The van der Waals surface area contributed by atoms with Crippen LogP contribution < -0.4 is 0 Å². The number of halogens is 1. The van der Waals surface area contributed by atoms with Crippen molar-refractivity contribution in [1.82, 2.24) is 0 Å². The third kappa shape index (κ3) is 2.58. The molecule has 0 fully saturated rings. The van der Waals surface area contributed by atoms with Crippen LogP contribution in [0, 0.1) is 0 Å². The van der Waals surface area contributed by atoms with E-state index in [0.29, 0.717) is 12.4 Å². The molecule has 4 heteroatoms. The highest BCUT2D eigenvalue weighted by molar-refractivity contribution is 9.10. The number of benzene rings is 1. The summed E-state index contributed by atoms with van der Waals surface area (Å²) >= 11 is 3.43. The highest BCUT2D eigenvalue weighted by Gasteiger charge is 2.13. The van der Waals surface area contributed by atoms with E-state index in [4.69, 9.17) is 9.15 Å². The first-order chi connectivity index (χ1) is 8.22. The van der Waals surface area contributed by atoms with E-state index in [9.17, 15) is 4.79 Å². The number of hydrogen-bond acceptors (Lipinski definition) is 3. The smallest absolute Gasteiger partial charge is 0.374 e. The first kappa shape index (κ1) is 11.9. The van der Waals surface area contributed by atoms with Crippen LogP contribution in [-0.2, 0) is 4.74 Å². The standard InChI is InChI=1S/C13H11BrO3/c1-2-16-13(15)12-8-7-11(17-12)9-5-3-4-6-10(9)14/h3-8H,2H2,1H3. The van der Waals surface area contributed by atoms with Crippen molar-refractivity contribution in [3.63, 3.8) is 0 Å². The number of carbonyl (C=O) groups is 1. The molecule has 0 saturated heterocycles. The van der Waals surface area contributed by atoms with E-state index >= 15 is 0 Å². The van der Waals surface area contributed by atoms with Gasteiger partial charge in [-0.1, -0.05) is 34.1 Å². The summed E-state index contributed by atoms with van der Waals surface area (Å²) in [6, 6.07) is 11.0. The Morgan fingerprint density at radius 1 is 1.29 bits per heavy atom. The van der Waals surface area contributed by atoms with Gasteiger partial charge >= 0.3 is 5.97 Å². The lowest BCUT2D eigenvalue weighted by molar-refractivity contribution is 0.0491. The number of ether oxygens (including phenoxy) is 1. The second kappa shape index (κ2) is 5.19. The van der Waals surface area contributed by atoms with Crippen molar-refractivity contribution in [2.45, 2.75) is 6.92 Å². The lowest BCUT2D eigenvalue weighted by atomic mass is 10.2. The fourth-order valence-electron chi connectivity index (χ4n) is 1.46. The Balaban J connectivity index is 2.30. The zero-order chi connectivity index (χ0) is 12.3. The van der Waals surface area contributed by atoms with Crippen molar-refractivity contribution in [3.05, 3.63) is 46.6 Å². The quantitative estimate of drug-likeness (QED) is 0.806. The molecule has 1 heterocycles. The van der Waals surface area contributed by atoms with Crippen LogP contribution in [-0.4, -0.2) is 12.6 Å². The summed E-state index contributed by atoms with van der Waals surface area (Å²) in [5.74, 6) is 0.420. The largest absolute Gasteiger partial charge is 0.460 e. The van der Waals surface area contributed by atoms with E-state index in [1.807, 2.05) is 24.3 Å². The van der Waals surface area contributed by atoms with Gasteiger partial charge in [-0.25, -0.2) is 4.79 Å². The maximum absolute atomic E-state index is 11.4. The fourth-order valence-corrected chi connectivity index (χ4v) is 1.94. The average Bonchev–Trinajstić information content (AvgIpc) is 2.79. The molecule has 0 saturated carbocycles. The molecule has 3 nitrogen and oxygen atoms in total. The first-order valence-corrected chi connectivity index (χ1v) is 6.03. The number of esters is 1. The normalized spacial score (nSPS) is 10.2. The van der Waals surface area contributed by atoms with E-state index < -0.39 is 5.97 Å². The molecule has 0 aliphatic rings. The first-order valence-electron chi connectivity index (χ1n) is 5.24. The third-order valence-electron chi connectivity index (χ3n) is 2.22. The Labute approximate surface area is 108 Å². The summed E-state index contributed by atoms with van der Waals surface area (Å²) in [5, 5.41) is 0. The molecule has 2 rings (SSSR count).